The summed E-state index contributed by atoms with van der Waals surface area (Å²) in [6, 6.07) is 9.32. The Hall–Kier alpha value is -3.51. The lowest BCUT2D eigenvalue weighted by Gasteiger charge is -2.31. The molecule has 1 atom stereocenters. The van der Waals surface area contributed by atoms with Gasteiger partial charge >= 0.3 is 0 Å². The maximum atomic E-state index is 12.6. The van der Waals surface area contributed by atoms with Gasteiger partial charge < -0.3 is 14.6 Å². The van der Waals surface area contributed by atoms with Gasteiger partial charge in [-0.2, -0.15) is 5.26 Å². The molecule has 2 amide bonds. The van der Waals surface area contributed by atoms with Crippen LogP contribution in [-0.2, 0) is 11.3 Å². The minimum atomic E-state index is -0.257. The highest BCUT2D eigenvalue weighted by Crippen LogP contribution is 2.23. The highest BCUT2D eigenvalue weighted by molar-refractivity contribution is 7.09. The van der Waals surface area contributed by atoms with Crippen LogP contribution < -0.4 is 5.32 Å². The molecule has 0 aliphatic carbocycles. The zero-order valence-electron chi connectivity index (χ0n) is 16.1. The molecular formula is C21H19N5O3S. The SMILES string of the molecule is N#Cc1ccc(-c2csc(CNC(=O)[C@H]3CCCN(C(=O)c4cocn4)C3)n2)cc1. The molecule has 9 heteroatoms. The number of carbonyl (C=O) groups is 2. The van der Waals surface area contributed by atoms with Crippen molar-refractivity contribution < 1.29 is 14.0 Å². The fourth-order valence-electron chi connectivity index (χ4n) is 3.40. The molecule has 2 aromatic heterocycles. The molecule has 1 aromatic carbocycles. The van der Waals surface area contributed by atoms with E-state index in [4.69, 9.17) is 9.68 Å². The summed E-state index contributed by atoms with van der Waals surface area (Å²) in [5.74, 6) is -0.552. The standard InChI is InChI=1S/C21H19N5O3S/c22-8-14-3-5-15(6-4-14)18-12-30-19(25-18)9-23-20(27)16-2-1-7-26(10-16)21(28)17-11-29-13-24-17/h3-6,11-13,16H,1-2,7,9-10H2,(H,23,27)/t16-/m0/s1. The number of hydrogen-bond acceptors (Lipinski definition) is 7. The number of carbonyl (C=O) groups excluding carboxylic acids is 2. The number of benzene rings is 1. The molecule has 0 bridgehead atoms. The molecule has 0 unspecified atom stereocenters. The molecule has 1 aliphatic rings. The van der Waals surface area contributed by atoms with Crippen molar-refractivity contribution in [3.8, 4) is 17.3 Å². The van der Waals surface area contributed by atoms with Crippen LogP contribution in [0.5, 0.6) is 0 Å². The van der Waals surface area contributed by atoms with E-state index in [-0.39, 0.29) is 23.4 Å². The molecule has 1 aliphatic heterocycles. The summed E-state index contributed by atoms with van der Waals surface area (Å²) in [5.41, 5.74) is 2.60. The van der Waals surface area contributed by atoms with Crippen molar-refractivity contribution in [2.45, 2.75) is 19.4 Å². The number of nitrogens with zero attached hydrogens (tertiary/aromatic N) is 4. The molecule has 3 aromatic rings. The number of nitriles is 1. The average Bonchev–Trinajstić information content (AvgIpc) is 3.49. The molecular weight excluding hydrogens is 402 g/mol. The van der Waals surface area contributed by atoms with E-state index >= 15 is 0 Å². The number of piperidine rings is 1. The van der Waals surface area contributed by atoms with Gasteiger partial charge in [0.1, 0.15) is 11.3 Å². The van der Waals surface area contributed by atoms with Gasteiger partial charge in [0.05, 0.1) is 29.8 Å². The lowest BCUT2D eigenvalue weighted by Crippen LogP contribution is -2.45. The van der Waals surface area contributed by atoms with Crippen molar-refractivity contribution in [3.05, 3.63) is 58.6 Å². The molecule has 152 valence electrons. The second-order valence-corrected chi connectivity index (χ2v) is 7.94. The predicted molar refractivity (Wildman–Crippen MR) is 109 cm³/mol. The van der Waals surface area contributed by atoms with E-state index in [0.29, 0.717) is 25.2 Å². The Labute approximate surface area is 177 Å². The summed E-state index contributed by atoms with van der Waals surface area (Å²) >= 11 is 1.47. The van der Waals surface area contributed by atoms with E-state index in [0.717, 1.165) is 29.1 Å². The summed E-state index contributed by atoms with van der Waals surface area (Å²) in [6.07, 6.45) is 4.05. The number of amides is 2. The first-order valence-electron chi connectivity index (χ1n) is 9.54. The van der Waals surface area contributed by atoms with Gasteiger partial charge in [0, 0.05) is 24.0 Å². The third-order valence-electron chi connectivity index (χ3n) is 5.01. The van der Waals surface area contributed by atoms with Gasteiger partial charge in [-0.25, -0.2) is 9.97 Å². The van der Waals surface area contributed by atoms with Crippen LogP contribution in [0.3, 0.4) is 0 Å². The van der Waals surface area contributed by atoms with Crippen LogP contribution in [0.4, 0.5) is 0 Å². The summed E-state index contributed by atoms with van der Waals surface area (Å²) in [6.45, 7) is 1.31. The average molecular weight is 421 g/mol. The number of thiazole rings is 1. The first kappa shape index (κ1) is 19.8. The van der Waals surface area contributed by atoms with Crippen molar-refractivity contribution in [1.29, 1.82) is 5.26 Å². The zero-order valence-corrected chi connectivity index (χ0v) is 16.9. The van der Waals surface area contributed by atoms with Crippen LogP contribution in [0.15, 0.2) is 46.7 Å². The number of aromatic nitrogens is 2. The second kappa shape index (κ2) is 8.88. The monoisotopic (exact) mass is 421 g/mol. The van der Waals surface area contributed by atoms with Crippen molar-refractivity contribution >= 4 is 23.2 Å². The van der Waals surface area contributed by atoms with Gasteiger partial charge in [-0.3, -0.25) is 9.59 Å². The minimum Gasteiger partial charge on any atom is -0.451 e. The molecule has 0 radical (unpaired) electrons. The lowest BCUT2D eigenvalue weighted by molar-refractivity contribution is -0.126. The summed E-state index contributed by atoms with van der Waals surface area (Å²) in [7, 11) is 0. The van der Waals surface area contributed by atoms with Gasteiger partial charge in [-0.15, -0.1) is 11.3 Å². The molecule has 30 heavy (non-hydrogen) atoms. The number of nitrogens with one attached hydrogen (secondary N) is 1. The Kier molecular flexibility index (Phi) is 5.86. The molecule has 8 nitrogen and oxygen atoms in total. The van der Waals surface area contributed by atoms with Crippen LogP contribution in [0.25, 0.3) is 11.3 Å². The predicted octanol–water partition coefficient (Wildman–Crippen LogP) is 2.84. The van der Waals surface area contributed by atoms with Gasteiger partial charge in [0.25, 0.3) is 5.91 Å². The number of likely N-dealkylation sites (tertiary alicyclic amines) is 1. The lowest BCUT2D eigenvalue weighted by atomic mass is 9.97. The maximum Gasteiger partial charge on any atom is 0.275 e. The van der Waals surface area contributed by atoms with Crippen LogP contribution in [0.2, 0.25) is 0 Å². The number of rotatable bonds is 5. The van der Waals surface area contributed by atoms with Gasteiger partial charge in [0.15, 0.2) is 12.1 Å². The van der Waals surface area contributed by atoms with Gasteiger partial charge in [-0.1, -0.05) is 12.1 Å². The van der Waals surface area contributed by atoms with E-state index in [1.807, 2.05) is 17.5 Å². The molecule has 1 fully saturated rings. The third kappa shape index (κ3) is 4.39. The molecule has 0 saturated carbocycles. The van der Waals surface area contributed by atoms with E-state index in [9.17, 15) is 9.59 Å². The van der Waals surface area contributed by atoms with E-state index in [1.54, 1.807) is 17.0 Å². The smallest absolute Gasteiger partial charge is 0.275 e. The quantitative estimate of drug-likeness (QED) is 0.678. The Morgan fingerprint density at radius 3 is 2.90 bits per heavy atom. The Bertz CT molecular complexity index is 1070. The highest BCUT2D eigenvalue weighted by Gasteiger charge is 2.29. The first-order valence-corrected chi connectivity index (χ1v) is 10.4. The number of oxazole rings is 1. The Balaban J connectivity index is 1.32. The summed E-state index contributed by atoms with van der Waals surface area (Å²) in [4.78, 5) is 35.2. The van der Waals surface area contributed by atoms with E-state index in [1.165, 1.54) is 24.0 Å². The summed E-state index contributed by atoms with van der Waals surface area (Å²) in [5, 5.41) is 14.6. The molecule has 1 N–H and O–H groups in total. The normalized spacial score (nSPS) is 16.1. The largest absolute Gasteiger partial charge is 0.451 e. The first-order chi connectivity index (χ1) is 14.6. The van der Waals surface area contributed by atoms with Crippen LogP contribution in [-0.4, -0.2) is 39.8 Å². The zero-order chi connectivity index (χ0) is 20.9. The second-order valence-electron chi connectivity index (χ2n) is 7.00. The van der Waals surface area contributed by atoms with Gasteiger partial charge in [-0.05, 0) is 25.0 Å². The number of hydrogen-bond donors (Lipinski definition) is 1. The fourth-order valence-corrected chi connectivity index (χ4v) is 4.15. The van der Waals surface area contributed by atoms with Crippen molar-refractivity contribution in [3.63, 3.8) is 0 Å². The van der Waals surface area contributed by atoms with E-state index < -0.39 is 0 Å². The Morgan fingerprint density at radius 2 is 2.17 bits per heavy atom. The maximum absolute atomic E-state index is 12.6. The van der Waals surface area contributed by atoms with Crippen molar-refractivity contribution in [2.24, 2.45) is 5.92 Å². The molecule has 0 spiro atoms. The fraction of sp³-hybridized carbons (Fsp3) is 0.286. The van der Waals surface area contributed by atoms with Crippen LogP contribution in [0.1, 0.15) is 33.9 Å². The minimum absolute atomic E-state index is 0.0808. The highest BCUT2D eigenvalue weighted by atomic mass is 32.1. The molecule has 4 rings (SSSR count). The van der Waals surface area contributed by atoms with Crippen LogP contribution >= 0.6 is 11.3 Å². The molecule has 1 saturated heterocycles. The Morgan fingerprint density at radius 1 is 1.33 bits per heavy atom. The van der Waals surface area contributed by atoms with Gasteiger partial charge in [0.2, 0.25) is 5.91 Å². The van der Waals surface area contributed by atoms with Crippen LogP contribution in [0, 0.1) is 17.2 Å². The van der Waals surface area contributed by atoms with Crippen molar-refractivity contribution in [2.75, 3.05) is 13.1 Å². The third-order valence-corrected chi connectivity index (χ3v) is 5.86. The van der Waals surface area contributed by atoms with E-state index in [2.05, 4.69) is 21.4 Å². The summed E-state index contributed by atoms with van der Waals surface area (Å²) < 4.78 is 4.88. The topological polar surface area (TPSA) is 112 Å². The molecule has 3 heterocycles. The van der Waals surface area contributed by atoms with Crippen molar-refractivity contribution in [1.82, 2.24) is 20.2 Å².